The van der Waals surface area contributed by atoms with Crippen LogP contribution in [0.1, 0.15) is 51.9 Å². The van der Waals surface area contributed by atoms with Crippen LogP contribution in [0.3, 0.4) is 0 Å². The maximum Gasteiger partial charge on any atom is -0.0146 e. The topological polar surface area (TPSA) is 0 Å². The third-order valence-corrected chi connectivity index (χ3v) is 6.38. The van der Waals surface area contributed by atoms with Gasteiger partial charge in [0.05, 0.1) is 0 Å². The van der Waals surface area contributed by atoms with Crippen LogP contribution >= 0.6 is 0 Å². The summed E-state index contributed by atoms with van der Waals surface area (Å²) in [4.78, 5) is 0. The highest BCUT2D eigenvalue weighted by Crippen LogP contribution is 2.70. The Morgan fingerprint density at radius 1 is 1.00 bits per heavy atom. The van der Waals surface area contributed by atoms with Crippen LogP contribution in [0.25, 0.3) is 0 Å². The lowest BCUT2D eigenvalue weighted by atomic mass is 9.38. The van der Waals surface area contributed by atoms with E-state index in [-0.39, 0.29) is 0 Å². The zero-order valence-corrected chi connectivity index (χ0v) is 11.3. The number of hydrogen-bond acceptors (Lipinski definition) is 0. The fraction of sp³-hybridized carbons (Fsp3) is 0.765. The molecule has 0 nitrogen and oxygen atoms in total. The maximum atomic E-state index is 4.04. The van der Waals surface area contributed by atoms with Gasteiger partial charge in [0, 0.05) is 0 Å². The molecule has 94 valence electrons. The van der Waals surface area contributed by atoms with Crippen molar-refractivity contribution in [3.05, 3.63) is 25.3 Å². The van der Waals surface area contributed by atoms with Gasteiger partial charge in [-0.15, -0.1) is 13.2 Å². The molecule has 0 amide bonds. The van der Waals surface area contributed by atoms with Crippen molar-refractivity contribution >= 4 is 0 Å². The fourth-order valence-electron chi connectivity index (χ4n) is 6.03. The van der Waals surface area contributed by atoms with E-state index in [1.54, 1.807) is 0 Å². The highest BCUT2D eigenvalue weighted by molar-refractivity contribution is 5.14. The van der Waals surface area contributed by atoms with Crippen molar-refractivity contribution in [2.45, 2.75) is 51.9 Å². The molecule has 4 bridgehead atoms. The van der Waals surface area contributed by atoms with Gasteiger partial charge in [-0.25, -0.2) is 0 Å². The summed E-state index contributed by atoms with van der Waals surface area (Å²) in [5, 5.41) is 0. The van der Waals surface area contributed by atoms with Crippen molar-refractivity contribution in [2.24, 2.45) is 28.6 Å². The monoisotopic (exact) mass is 230 g/mol. The summed E-state index contributed by atoms with van der Waals surface area (Å²) >= 11 is 0. The van der Waals surface area contributed by atoms with Gasteiger partial charge in [0.25, 0.3) is 0 Å². The Morgan fingerprint density at radius 3 is 1.94 bits per heavy atom. The predicted molar refractivity (Wildman–Crippen MR) is 73.7 cm³/mol. The molecule has 4 rings (SSSR count). The van der Waals surface area contributed by atoms with Crippen LogP contribution in [0.2, 0.25) is 0 Å². The number of allylic oxidation sites excluding steroid dienone is 2. The van der Waals surface area contributed by atoms with Gasteiger partial charge in [-0.3, -0.25) is 0 Å². The second-order valence-corrected chi connectivity index (χ2v) is 7.25. The molecule has 0 aromatic carbocycles. The largest absolute Gasteiger partial charge is 0.103 e. The Labute approximate surface area is 106 Å². The Kier molecular flexibility index (Phi) is 2.54. The van der Waals surface area contributed by atoms with Crippen LogP contribution in [0.5, 0.6) is 0 Å². The third-order valence-electron chi connectivity index (χ3n) is 6.38. The highest BCUT2D eigenvalue weighted by Gasteiger charge is 2.61. The molecule has 0 saturated heterocycles. The number of hydrogen-bond donors (Lipinski definition) is 0. The molecule has 0 N–H and O–H groups in total. The summed E-state index contributed by atoms with van der Waals surface area (Å²) in [5.74, 6) is 3.04. The van der Waals surface area contributed by atoms with Gasteiger partial charge in [0.1, 0.15) is 0 Å². The van der Waals surface area contributed by atoms with E-state index in [4.69, 9.17) is 0 Å². The normalized spacial score (nSPS) is 45.8. The summed E-state index contributed by atoms with van der Waals surface area (Å²) in [7, 11) is 0. The van der Waals surface area contributed by atoms with Crippen molar-refractivity contribution in [2.75, 3.05) is 0 Å². The molecule has 0 radical (unpaired) electrons. The Bertz CT molecular complexity index is 314. The molecular formula is C17H26. The first-order chi connectivity index (χ1) is 8.13. The predicted octanol–water partition coefficient (Wildman–Crippen LogP) is 4.97. The SMILES string of the molecule is C=CCC1(CC=C)C2CC3CC(C2)CC1(C)C3. The standard InChI is InChI=1S/C17H26/c1-4-6-17(7-5-2)15-9-13-8-14(10-15)12-16(17,3)11-13/h4-5,13-15H,1-2,6-12H2,3H3. The van der Waals surface area contributed by atoms with Crippen LogP contribution in [-0.4, -0.2) is 0 Å². The van der Waals surface area contributed by atoms with E-state index in [9.17, 15) is 0 Å². The van der Waals surface area contributed by atoms with Gasteiger partial charge in [0.15, 0.2) is 0 Å². The summed E-state index contributed by atoms with van der Waals surface area (Å²) < 4.78 is 0. The molecule has 4 fully saturated rings. The average molecular weight is 230 g/mol. The van der Waals surface area contributed by atoms with Crippen molar-refractivity contribution in [3.63, 3.8) is 0 Å². The molecule has 4 saturated carbocycles. The minimum atomic E-state index is 0.504. The van der Waals surface area contributed by atoms with Gasteiger partial charge in [-0.1, -0.05) is 19.1 Å². The highest BCUT2D eigenvalue weighted by atomic mass is 14.7. The van der Waals surface area contributed by atoms with Gasteiger partial charge in [0.2, 0.25) is 0 Å². The number of rotatable bonds is 4. The van der Waals surface area contributed by atoms with E-state index in [2.05, 4.69) is 32.2 Å². The molecule has 0 aromatic rings. The van der Waals surface area contributed by atoms with E-state index in [0.29, 0.717) is 10.8 Å². The van der Waals surface area contributed by atoms with Crippen LogP contribution in [0.15, 0.2) is 25.3 Å². The lowest BCUT2D eigenvalue weighted by Crippen LogP contribution is -2.58. The average Bonchev–Trinajstić information content (AvgIpc) is 2.24. The molecule has 0 heteroatoms. The van der Waals surface area contributed by atoms with Crippen LogP contribution < -0.4 is 0 Å². The first kappa shape index (κ1) is 11.6. The van der Waals surface area contributed by atoms with Gasteiger partial charge >= 0.3 is 0 Å². The molecular weight excluding hydrogens is 204 g/mol. The maximum absolute atomic E-state index is 4.04. The molecule has 2 atom stereocenters. The Morgan fingerprint density at radius 2 is 1.53 bits per heavy atom. The molecule has 4 aliphatic rings. The van der Waals surface area contributed by atoms with Gasteiger partial charge < -0.3 is 0 Å². The van der Waals surface area contributed by atoms with Gasteiger partial charge in [-0.05, 0) is 73.5 Å². The quantitative estimate of drug-likeness (QED) is 0.598. The van der Waals surface area contributed by atoms with E-state index < -0.39 is 0 Å². The van der Waals surface area contributed by atoms with Crippen molar-refractivity contribution in [3.8, 4) is 0 Å². The summed E-state index contributed by atoms with van der Waals surface area (Å²) in [6.07, 6.45) is 14.2. The van der Waals surface area contributed by atoms with E-state index in [0.717, 1.165) is 17.8 Å². The molecule has 0 aromatic heterocycles. The lowest BCUT2D eigenvalue weighted by Gasteiger charge is -2.67. The smallest absolute Gasteiger partial charge is 0.0146 e. The molecule has 0 spiro atoms. The summed E-state index contributed by atoms with van der Waals surface area (Å²) in [6, 6.07) is 0. The van der Waals surface area contributed by atoms with Crippen molar-refractivity contribution in [1.29, 1.82) is 0 Å². The molecule has 0 heterocycles. The summed E-state index contributed by atoms with van der Waals surface area (Å²) in [5.41, 5.74) is 1.08. The van der Waals surface area contributed by atoms with E-state index in [1.165, 1.54) is 44.9 Å². The molecule has 17 heavy (non-hydrogen) atoms. The molecule has 0 aliphatic heterocycles. The first-order valence-corrected chi connectivity index (χ1v) is 7.35. The van der Waals surface area contributed by atoms with Gasteiger partial charge in [-0.2, -0.15) is 0 Å². The zero-order chi connectivity index (χ0) is 12.1. The van der Waals surface area contributed by atoms with Crippen LogP contribution in [-0.2, 0) is 0 Å². The first-order valence-electron chi connectivity index (χ1n) is 7.35. The Hall–Kier alpha value is -0.520. The molecule has 2 unspecified atom stereocenters. The van der Waals surface area contributed by atoms with Crippen LogP contribution in [0.4, 0.5) is 0 Å². The zero-order valence-electron chi connectivity index (χ0n) is 11.3. The minimum Gasteiger partial charge on any atom is -0.103 e. The molecule has 4 aliphatic carbocycles. The van der Waals surface area contributed by atoms with E-state index in [1.807, 2.05) is 0 Å². The Balaban J connectivity index is 2.01. The van der Waals surface area contributed by atoms with Crippen molar-refractivity contribution < 1.29 is 0 Å². The minimum absolute atomic E-state index is 0.504. The lowest BCUT2D eigenvalue weighted by molar-refractivity contribution is -0.166. The van der Waals surface area contributed by atoms with Crippen molar-refractivity contribution in [1.82, 2.24) is 0 Å². The fourth-order valence-corrected chi connectivity index (χ4v) is 6.03. The third kappa shape index (κ3) is 1.42. The summed E-state index contributed by atoms with van der Waals surface area (Å²) in [6.45, 7) is 10.6. The second kappa shape index (κ2) is 3.73. The second-order valence-electron chi connectivity index (χ2n) is 7.25. The van der Waals surface area contributed by atoms with E-state index >= 15 is 0 Å². The van der Waals surface area contributed by atoms with Crippen LogP contribution in [0, 0.1) is 28.6 Å².